The molecule has 0 fully saturated rings. The Labute approximate surface area is 156 Å². The smallest absolute Gasteiger partial charge is 0.331 e. The zero-order valence-corrected chi connectivity index (χ0v) is 15.6. The quantitative estimate of drug-likeness (QED) is 0.573. The van der Waals surface area contributed by atoms with Crippen LogP contribution in [0.25, 0.3) is 0 Å². The number of hydrogen-bond donors (Lipinski definition) is 1. The minimum atomic E-state index is -1.05. The first-order chi connectivity index (χ1) is 11.7. The molecule has 1 aromatic rings. The topological polar surface area (TPSA) is 81.7 Å². The van der Waals surface area contributed by atoms with E-state index in [4.69, 9.17) is 27.9 Å². The lowest BCUT2D eigenvalue weighted by Crippen LogP contribution is -2.37. The second kappa shape index (κ2) is 10.1. The summed E-state index contributed by atoms with van der Waals surface area (Å²) in [6.45, 7) is 5.00. The second-order valence-corrected chi connectivity index (χ2v) is 5.90. The highest BCUT2D eigenvalue weighted by Gasteiger charge is 2.20. The fourth-order valence-electron chi connectivity index (χ4n) is 1.85. The third-order valence-electron chi connectivity index (χ3n) is 3.09. The molecule has 0 aromatic heterocycles. The van der Waals surface area contributed by atoms with Gasteiger partial charge in [0.05, 0.1) is 12.6 Å². The maximum absolute atomic E-state index is 12.1. The van der Waals surface area contributed by atoms with Crippen molar-refractivity contribution in [2.45, 2.75) is 32.9 Å². The van der Waals surface area contributed by atoms with Gasteiger partial charge in [0.2, 0.25) is 0 Å². The van der Waals surface area contributed by atoms with E-state index in [2.05, 4.69) is 10.1 Å². The Hall–Kier alpha value is -2.05. The molecule has 0 aliphatic heterocycles. The summed E-state index contributed by atoms with van der Waals surface area (Å²) in [6, 6.07) is 4.53. The van der Waals surface area contributed by atoms with E-state index in [0.717, 1.165) is 12.2 Å². The fraction of sp³-hybridized carbons (Fsp3) is 0.353. The van der Waals surface area contributed by atoms with E-state index in [1.54, 1.807) is 32.0 Å². The van der Waals surface area contributed by atoms with Gasteiger partial charge in [-0.25, -0.2) is 9.59 Å². The van der Waals surface area contributed by atoms with Crippen molar-refractivity contribution in [3.8, 4) is 0 Å². The molecule has 1 amide bonds. The Morgan fingerprint density at radius 2 is 1.80 bits per heavy atom. The molecule has 0 aliphatic rings. The van der Waals surface area contributed by atoms with Crippen molar-refractivity contribution in [2.24, 2.45) is 0 Å². The van der Waals surface area contributed by atoms with Gasteiger partial charge in [0, 0.05) is 22.2 Å². The van der Waals surface area contributed by atoms with Gasteiger partial charge in [0.1, 0.15) is 0 Å². The highest BCUT2D eigenvalue weighted by molar-refractivity contribution is 6.35. The standard InChI is InChI=1S/C17H19Cl2NO5/c1-4-24-15(21)7-8-16(22)25-11(3)17(23)20-10(2)13-6-5-12(18)9-14(13)19/h5-11H,4H2,1-3H3,(H,20,23)/b8-7+/t10-,11-/m1/s1. The molecule has 8 heteroatoms. The van der Waals surface area contributed by atoms with Gasteiger partial charge in [-0.3, -0.25) is 4.79 Å². The van der Waals surface area contributed by atoms with Crippen molar-refractivity contribution < 1.29 is 23.9 Å². The lowest BCUT2D eigenvalue weighted by Gasteiger charge is -2.19. The first-order valence-corrected chi connectivity index (χ1v) is 8.31. The van der Waals surface area contributed by atoms with Crippen molar-refractivity contribution in [1.82, 2.24) is 5.32 Å². The number of hydrogen-bond acceptors (Lipinski definition) is 5. The molecule has 0 aliphatic carbocycles. The first-order valence-electron chi connectivity index (χ1n) is 7.55. The molecule has 136 valence electrons. The van der Waals surface area contributed by atoms with E-state index in [-0.39, 0.29) is 6.61 Å². The summed E-state index contributed by atoms with van der Waals surface area (Å²) in [5, 5.41) is 3.60. The van der Waals surface area contributed by atoms with Crippen LogP contribution in [-0.2, 0) is 23.9 Å². The van der Waals surface area contributed by atoms with Gasteiger partial charge >= 0.3 is 11.9 Å². The maximum atomic E-state index is 12.1. The zero-order valence-electron chi connectivity index (χ0n) is 14.0. The predicted octanol–water partition coefficient (Wildman–Crippen LogP) is 3.22. The van der Waals surface area contributed by atoms with Crippen LogP contribution in [0.4, 0.5) is 0 Å². The molecule has 25 heavy (non-hydrogen) atoms. The SMILES string of the molecule is CCOC(=O)/C=C/C(=O)O[C@H](C)C(=O)N[C@H](C)c1ccc(Cl)cc1Cl. The third kappa shape index (κ3) is 7.15. The van der Waals surface area contributed by atoms with Crippen molar-refractivity contribution in [1.29, 1.82) is 0 Å². The zero-order chi connectivity index (χ0) is 19.0. The van der Waals surface area contributed by atoms with Crippen LogP contribution in [0.5, 0.6) is 0 Å². The van der Waals surface area contributed by atoms with Gasteiger partial charge in [-0.2, -0.15) is 0 Å². The van der Waals surface area contributed by atoms with Gasteiger partial charge in [-0.1, -0.05) is 29.3 Å². The van der Waals surface area contributed by atoms with E-state index < -0.39 is 30.0 Å². The summed E-state index contributed by atoms with van der Waals surface area (Å²) in [5.41, 5.74) is 0.681. The van der Waals surface area contributed by atoms with Crippen molar-refractivity contribution >= 4 is 41.0 Å². The first kappa shape index (κ1) is 21.0. The highest BCUT2D eigenvalue weighted by atomic mass is 35.5. The molecule has 1 rings (SSSR count). The molecule has 1 N–H and O–H groups in total. The van der Waals surface area contributed by atoms with E-state index >= 15 is 0 Å². The van der Waals surface area contributed by atoms with Crippen LogP contribution >= 0.6 is 23.2 Å². The summed E-state index contributed by atoms with van der Waals surface area (Å²) in [5.74, 6) is -1.99. The number of amides is 1. The number of rotatable bonds is 7. The summed E-state index contributed by atoms with van der Waals surface area (Å²) in [7, 11) is 0. The van der Waals surface area contributed by atoms with Crippen LogP contribution in [0.2, 0.25) is 10.0 Å². The third-order valence-corrected chi connectivity index (χ3v) is 3.65. The Bertz CT molecular complexity index is 675. The molecule has 1 aromatic carbocycles. The Balaban J connectivity index is 2.58. The number of benzene rings is 1. The number of carbonyl (C=O) groups excluding carboxylic acids is 3. The number of halogens is 2. The van der Waals surface area contributed by atoms with Gasteiger partial charge in [0.25, 0.3) is 5.91 Å². The van der Waals surface area contributed by atoms with Gasteiger partial charge in [-0.05, 0) is 38.5 Å². The Morgan fingerprint density at radius 1 is 1.16 bits per heavy atom. The number of carbonyl (C=O) groups is 3. The van der Waals surface area contributed by atoms with Gasteiger partial charge < -0.3 is 14.8 Å². The summed E-state index contributed by atoms with van der Waals surface area (Å²) in [6.07, 6.45) is 0.793. The van der Waals surface area contributed by atoms with E-state index in [1.807, 2.05) is 0 Å². The fourth-order valence-corrected chi connectivity index (χ4v) is 2.43. The van der Waals surface area contributed by atoms with Crippen LogP contribution in [0.1, 0.15) is 32.4 Å². The molecule has 0 saturated heterocycles. The molecule has 0 unspecified atom stereocenters. The Kier molecular flexibility index (Phi) is 8.45. The molecular formula is C17H19Cl2NO5. The van der Waals surface area contributed by atoms with Crippen LogP contribution in [0.3, 0.4) is 0 Å². The van der Waals surface area contributed by atoms with Crippen LogP contribution in [0.15, 0.2) is 30.4 Å². The van der Waals surface area contributed by atoms with Crippen LogP contribution < -0.4 is 5.32 Å². The minimum Gasteiger partial charge on any atom is -0.463 e. The lowest BCUT2D eigenvalue weighted by atomic mass is 10.1. The van der Waals surface area contributed by atoms with Crippen molar-refractivity contribution in [3.05, 3.63) is 46.0 Å². The molecule has 0 radical (unpaired) electrons. The van der Waals surface area contributed by atoms with E-state index in [1.165, 1.54) is 6.92 Å². The molecule has 6 nitrogen and oxygen atoms in total. The molecule has 2 atom stereocenters. The lowest BCUT2D eigenvalue weighted by molar-refractivity contribution is -0.150. The second-order valence-electron chi connectivity index (χ2n) is 5.06. The highest BCUT2D eigenvalue weighted by Crippen LogP contribution is 2.26. The number of esters is 2. The van der Waals surface area contributed by atoms with E-state index in [9.17, 15) is 14.4 Å². The van der Waals surface area contributed by atoms with E-state index in [0.29, 0.717) is 15.6 Å². The van der Waals surface area contributed by atoms with Crippen molar-refractivity contribution in [2.75, 3.05) is 6.61 Å². The normalized spacial score (nSPS) is 13.2. The maximum Gasteiger partial charge on any atom is 0.331 e. The van der Waals surface area contributed by atoms with Gasteiger partial charge in [-0.15, -0.1) is 0 Å². The van der Waals surface area contributed by atoms with Crippen molar-refractivity contribution in [3.63, 3.8) is 0 Å². The minimum absolute atomic E-state index is 0.197. The summed E-state index contributed by atoms with van der Waals surface area (Å²) >= 11 is 11.9. The van der Waals surface area contributed by atoms with Crippen LogP contribution in [0, 0.1) is 0 Å². The van der Waals surface area contributed by atoms with Crippen LogP contribution in [-0.4, -0.2) is 30.6 Å². The Morgan fingerprint density at radius 3 is 2.40 bits per heavy atom. The molecule has 0 bridgehead atoms. The number of nitrogens with one attached hydrogen (secondary N) is 1. The summed E-state index contributed by atoms with van der Waals surface area (Å²) in [4.78, 5) is 34.8. The largest absolute Gasteiger partial charge is 0.463 e. The molecule has 0 saturated carbocycles. The monoisotopic (exact) mass is 387 g/mol. The average molecular weight is 388 g/mol. The summed E-state index contributed by atoms with van der Waals surface area (Å²) < 4.78 is 9.56. The number of ether oxygens (including phenoxy) is 2. The molecule has 0 heterocycles. The molecular weight excluding hydrogens is 369 g/mol. The predicted molar refractivity (Wildman–Crippen MR) is 94.3 cm³/mol. The molecule has 0 spiro atoms. The van der Waals surface area contributed by atoms with Gasteiger partial charge in [0.15, 0.2) is 6.10 Å². The average Bonchev–Trinajstić information content (AvgIpc) is 2.52.